The van der Waals surface area contributed by atoms with Crippen LogP contribution in [0.15, 0.2) is 131 Å². The molecule has 0 aliphatic rings. The van der Waals surface area contributed by atoms with E-state index < -0.39 is 123 Å². The van der Waals surface area contributed by atoms with Gasteiger partial charge in [0.15, 0.2) is 26.7 Å². The van der Waals surface area contributed by atoms with Crippen molar-refractivity contribution in [3.05, 3.63) is 129 Å². The smallest absolute Gasteiger partial charge is 0.297 e. The molecule has 0 unspecified atom stereocenters. The number of hydrogen-bond acceptors (Lipinski definition) is 26. The number of thioether (sulfide) groups is 1. The second-order valence-corrected chi connectivity index (χ2v) is 26.5. The van der Waals surface area contributed by atoms with Gasteiger partial charge in [-0.1, -0.05) is 23.9 Å². The number of halogens is 2. The van der Waals surface area contributed by atoms with Crippen molar-refractivity contribution in [3.63, 3.8) is 0 Å². The quantitative estimate of drug-likeness (QED) is 0.00598. The molecule has 7 rings (SSSR count). The maximum Gasteiger partial charge on any atom is 0.297 e. The number of hydrogen-bond donors (Lipinski definition) is 7. The van der Waals surface area contributed by atoms with Crippen molar-refractivity contribution in [1.82, 2.24) is 15.0 Å². The van der Waals surface area contributed by atoms with Crippen LogP contribution in [0.3, 0.4) is 0 Å². The summed E-state index contributed by atoms with van der Waals surface area (Å²) in [7, 11) is -15.1. The number of benzene rings is 4. The second-order valence-electron chi connectivity index (χ2n) is 19.1. The lowest BCUT2D eigenvalue weighted by Crippen LogP contribution is -2.21. The summed E-state index contributed by atoms with van der Waals surface area (Å²) in [6.45, 7) is 11.5. The van der Waals surface area contributed by atoms with Gasteiger partial charge in [0.2, 0.25) is 11.9 Å². The van der Waals surface area contributed by atoms with Crippen LogP contribution in [0.25, 0.3) is 12.2 Å². The van der Waals surface area contributed by atoms with Gasteiger partial charge in [-0.25, -0.2) is 8.78 Å². The molecular weight excluding hydrogens is 1330 g/mol. The number of carbonyl (C=O) groups is 4. The van der Waals surface area contributed by atoms with E-state index in [-0.39, 0.29) is 56.9 Å². The minimum Gasteiger partial charge on any atom is -0.372 e. The van der Waals surface area contributed by atoms with E-state index in [0.29, 0.717) is 60.2 Å². The summed E-state index contributed by atoms with van der Waals surface area (Å²) in [4.78, 5) is 67.0. The molecule has 4 aromatic carbocycles. The second kappa shape index (κ2) is 30.7. The van der Waals surface area contributed by atoms with Crippen molar-refractivity contribution in [2.75, 3.05) is 68.8 Å². The zero-order valence-electron chi connectivity index (χ0n) is 49.5. The number of nitrogens with zero attached hydrogens (tertiary/aromatic N) is 11. The number of nitriles is 2. The van der Waals surface area contributed by atoms with E-state index in [4.69, 9.17) is 0 Å². The van der Waals surface area contributed by atoms with Gasteiger partial charge >= 0.3 is 0 Å². The first kappa shape index (κ1) is 70.8. The number of rotatable bonds is 28. The van der Waals surface area contributed by atoms with Gasteiger partial charge in [-0.05, 0) is 126 Å². The summed E-state index contributed by atoms with van der Waals surface area (Å²) in [6, 6.07) is 22.3. The Morgan fingerprint density at radius 3 is 1.33 bits per heavy atom. The first-order chi connectivity index (χ1) is 44.0. The van der Waals surface area contributed by atoms with Crippen molar-refractivity contribution in [3.8, 4) is 12.1 Å². The number of Topliss-reactive ketones (excluding diaryl/α,β-unsaturated/α-hetero) is 2. The minimum atomic E-state index is -5.30. The van der Waals surface area contributed by atoms with Gasteiger partial charge in [-0.3, -0.25) is 32.8 Å². The number of anilines is 8. The highest BCUT2D eigenvalue weighted by atomic mass is 32.2. The molecule has 0 aliphatic carbocycles. The predicted molar refractivity (Wildman–Crippen MR) is 347 cm³/mol. The summed E-state index contributed by atoms with van der Waals surface area (Å²) in [5.41, 5.74) is -1.52. The van der Waals surface area contributed by atoms with Crippen LogP contribution in [0.1, 0.15) is 62.4 Å². The van der Waals surface area contributed by atoms with Crippen molar-refractivity contribution in [2.45, 2.75) is 56.5 Å². The molecule has 36 heteroatoms. The van der Waals surface area contributed by atoms with E-state index in [9.17, 15) is 77.4 Å². The van der Waals surface area contributed by atoms with E-state index in [1.165, 1.54) is 36.4 Å². The van der Waals surface area contributed by atoms with Crippen LogP contribution in [-0.2, 0) is 49.5 Å². The lowest BCUT2D eigenvalue weighted by atomic mass is 10.1. The molecular formula is C57H53F2N15O13S6. The summed E-state index contributed by atoms with van der Waals surface area (Å²) in [5.74, 6) is -6.93. The molecule has 28 nitrogen and oxygen atoms in total. The van der Waals surface area contributed by atoms with Gasteiger partial charge < -0.3 is 31.1 Å². The maximum absolute atomic E-state index is 14.0. The van der Waals surface area contributed by atoms with Crippen molar-refractivity contribution in [2.24, 2.45) is 20.5 Å². The average Bonchev–Trinajstić information content (AvgIpc) is 1.66. The number of carbonyl (C=O) groups excluding carboxylic acids is 4. The molecule has 0 saturated heterocycles. The van der Waals surface area contributed by atoms with Gasteiger partial charge in [0.25, 0.3) is 42.2 Å². The van der Waals surface area contributed by atoms with Crippen LogP contribution in [-0.4, -0.2) is 115 Å². The van der Waals surface area contributed by atoms with Gasteiger partial charge in [0.1, 0.15) is 56.1 Å². The SMILES string of the molecule is CCN(CC)c1ccc(/N=N/c2sc(/C=C(/C(C)=O)C(=O)Nc3cccc(F)c3)c(S(=O)(=O)O)c2C#N)c(Nc2nc(Nc3cc(N(CC)CC)ccc3/N=N/c3sc(/C=C(\C(C)=O)C(=O)Nc4cccc(F)c4)c(S(=O)(=O)O)c3C#N)nc(SCCS(=O)(=O)O)n2)c1. The summed E-state index contributed by atoms with van der Waals surface area (Å²) < 4.78 is 134. The summed E-state index contributed by atoms with van der Waals surface area (Å²) >= 11 is 1.70. The van der Waals surface area contributed by atoms with Crippen molar-refractivity contribution in [1.29, 1.82) is 10.5 Å². The third-order valence-corrected chi connectivity index (χ3v) is 18.8. The van der Waals surface area contributed by atoms with Crippen LogP contribution >= 0.6 is 34.4 Å². The van der Waals surface area contributed by atoms with Crippen molar-refractivity contribution >= 4 is 168 Å². The first-order valence-electron chi connectivity index (χ1n) is 27.1. The molecule has 0 aliphatic heterocycles. The van der Waals surface area contributed by atoms with Crippen LogP contribution in [0.5, 0.6) is 0 Å². The third-order valence-electron chi connectivity index (χ3n) is 12.8. The van der Waals surface area contributed by atoms with E-state index in [0.717, 1.165) is 62.0 Å². The molecule has 93 heavy (non-hydrogen) atoms. The summed E-state index contributed by atoms with van der Waals surface area (Å²) in [6.07, 6.45) is 1.64. The number of nitrogens with one attached hydrogen (secondary N) is 4. The lowest BCUT2D eigenvalue weighted by molar-refractivity contribution is -0.120. The predicted octanol–water partition coefficient (Wildman–Crippen LogP) is 11.7. The highest BCUT2D eigenvalue weighted by molar-refractivity contribution is 8.00. The molecule has 0 saturated carbocycles. The van der Waals surface area contributed by atoms with Gasteiger partial charge in [0.05, 0.1) is 38.0 Å². The average molecular weight is 1390 g/mol. The summed E-state index contributed by atoms with van der Waals surface area (Å²) in [5, 5.41) is 47.6. The standard InChI is InChI=1S/C57H53F2N15O13S6/c1-7-73(8-2)37-17-19-43(69-71-53-41(29-60)49(92(82,83)84)47(89-53)27-39(31(5)75)51(77)62-35-15-11-13-33(58)23-35)45(25-37)64-55-66-56(68-57(67-55)88-21-22-91(79,80)81)65-46-26-38(74(9-3)10-4)18-20-44(46)70-72-54-42(30-61)50(93(85,86)87)48(90-54)28-40(32(6)76)52(78)63-36-16-12-14-34(59)24-36/h11-20,23-28H,7-10,21-22H2,1-6H3,(H,62,77)(H,63,78)(H,79,80,81)(H,82,83,84)(H,85,86,87)(H2,64,65,66,67,68)/b39-27-,40-28+,71-69+,72-70+. The van der Waals surface area contributed by atoms with Gasteiger partial charge in [-0.2, -0.15) is 50.7 Å². The third kappa shape index (κ3) is 18.5. The molecule has 7 N–H and O–H groups in total. The number of aromatic nitrogens is 3. The van der Waals surface area contributed by atoms with E-state index in [1.807, 2.05) is 37.5 Å². The number of ketones is 2. The van der Waals surface area contributed by atoms with Crippen LogP contribution < -0.4 is 31.1 Å². The van der Waals surface area contributed by atoms with E-state index >= 15 is 0 Å². The molecule has 484 valence electrons. The topological polar surface area (TPSA) is 422 Å². The maximum atomic E-state index is 14.0. The highest BCUT2D eigenvalue weighted by Crippen LogP contribution is 2.44. The fourth-order valence-electron chi connectivity index (χ4n) is 8.53. The molecule has 7 aromatic rings. The zero-order valence-corrected chi connectivity index (χ0v) is 54.4. The highest BCUT2D eigenvalue weighted by Gasteiger charge is 2.31. The van der Waals surface area contributed by atoms with Crippen LogP contribution in [0.2, 0.25) is 0 Å². The lowest BCUT2D eigenvalue weighted by Gasteiger charge is -2.22. The monoisotopic (exact) mass is 1390 g/mol. The molecule has 3 aromatic heterocycles. The largest absolute Gasteiger partial charge is 0.372 e. The molecule has 0 fully saturated rings. The van der Waals surface area contributed by atoms with Crippen LogP contribution in [0.4, 0.5) is 76.2 Å². The number of azo groups is 2. The minimum absolute atomic E-state index is 0.0246. The number of amides is 2. The molecule has 2 amide bonds. The molecule has 0 spiro atoms. The Bertz CT molecular complexity index is 4400. The Morgan fingerprint density at radius 1 is 0.602 bits per heavy atom. The molecule has 0 bridgehead atoms. The zero-order chi connectivity index (χ0) is 68.1. The normalized spacial score (nSPS) is 12.1. The van der Waals surface area contributed by atoms with Gasteiger partial charge in [0, 0.05) is 54.7 Å². The Hall–Kier alpha value is -9.63. The van der Waals surface area contributed by atoms with E-state index in [2.05, 4.69) is 56.7 Å². The Labute approximate surface area is 543 Å². The van der Waals surface area contributed by atoms with Gasteiger partial charge in [-0.15, -0.1) is 43.1 Å². The Kier molecular flexibility index (Phi) is 23.3. The Morgan fingerprint density at radius 2 is 1.00 bits per heavy atom. The molecule has 0 radical (unpaired) electrons. The Balaban J connectivity index is 1.34. The fraction of sp³-hybridized carbons (Fsp3) is 0.211. The van der Waals surface area contributed by atoms with E-state index in [1.54, 1.807) is 36.4 Å². The molecule has 3 heterocycles. The molecule has 0 atom stereocenters. The van der Waals surface area contributed by atoms with Crippen molar-refractivity contribution < 1.29 is 66.9 Å². The number of thiophene rings is 2. The first-order valence-corrected chi connectivity index (χ1v) is 34.3. The fourth-order valence-corrected chi connectivity index (χ4v) is 14.5. The van der Waals surface area contributed by atoms with Crippen LogP contribution in [0, 0.1) is 34.3 Å².